The minimum Gasteiger partial charge on any atom is -0.399 e. The van der Waals surface area contributed by atoms with Crippen LogP contribution in [-0.2, 0) is 7.05 Å². The highest BCUT2D eigenvalue weighted by atomic mass is 16.1. The van der Waals surface area contributed by atoms with Crippen LogP contribution in [0.25, 0.3) is 21.9 Å². The van der Waals surface area contributed by atoms with Gasteiger partial charge in [0.25, 0.3) is 5.56 Å². The number of pyridine rings is 2. The van der Waals surface area contributed by atoms with Crippen molar-refractivity contribution in [3.05, 3.63) is 59.3 Å². The summed E-state index contributed by atoms with van der Waals surface area (Å²) < 4.78 is 1.58. The molecule has 2 aromatic heterocycles. The van der Waals surface area contributed by atoms with Crippen LogP contribution in [0.3, 0.4) is 0 Å². The lowest BCUT2D eigenvalue weighted by atomic mass is 10.0. The van der Waals surface area contributed by atoms with E-state index in [9.17, 15) is 4.79 Å². The van der Waals surface area contributed by atoms with Gasteiger partial charge in [0.15, 0.2) is 0 Å². The van der Waals surface area contributed by atoms with Crippen LogP contribution in [0.4, 0.5) is 5.69 Å². The first-order chi connectivity index (χ1) is 9.16. The molecule has 0 radical (unpaired) electrons. The number of aromatic nitrogens is 2. The fourth-order valence-electron chi connectivity index (χ4n) is 2.24. The number of nitrogen functional groups attached to an aromatic ring is 1. The van der Waals surface area contributed by atoms with Gasteiger partial charge in [-0.05, 0) is 23.8 Å². The summed E-state index contributed by atoms with van der Waals surface area (Å²) in [6.45, 7) is 0. The molecule has 0 aliphatic rings. The van der Waals surface area contributed by atoms with E-state index in [-0.39, 0.29) is 5.56 Å². The van der Waals surface area contributed by atoms with Crippen molar-refractivity contribution in [2.45, 2.75) is 0 Å². The Morgan fingerprint density at radius 3 is 2.84 bits per heavy atom. The van der Waals surface area contributed by atoms with Gasteiger partial charge in [0.2, 0.25) is 0 Å². The average Bonchev–Trinajstić information content (AvgIpc) is 2.43. The number of nitrogens with two attached hydrogens (primary N) is 1. The van der Waals surface area contributed by atoms with Crippen molar-refractivity contribution in [1.82, 2.24) is 9.55 Å². The van der Waals surface area contributed by atoms with Gasteiger partial charge in [-0.15, -0.1) is 0 Å². The van der Waals surface area contributed by atoms with Gasteiger partial charge in [0.1, 0.15) is 0 Å². The van der Waals surface area contributed by atoms with Gasteiger partial charge >= 0.3 is 0 Å². The molecule has 0 aliphatic carbocycles. The van der Waals surface area contributed by atoms with Crippen molar-refractivity contribution >= 4 is 16.5 Å². The van der Waals surface area contributed by atoms with Crippen molar-refractivity contribution in [3.63, 3.8) is 0 Å². The second kappa shape index (κ2) is 4.24. The molecule has 4 nitrogen and oxygen atoms in total. The van der Waals surface area contributed by atoms with E-state index in [2.05, 4.69) is 4.98 Å². The first kappa shape index (κ1) is 11.5. The summed E-state index contributed by atoms with van der Waals surface area (Å²) in [5.74, 6) is 0. The Morgan fingerprint density at radius 2 is 2.05 bits per heavy atom. The summed E-state index contributed by atoms with van der Waals surface area (Å²) in [6, 6.07) is 9.35. The second-order valence-corrected chi connectivity index (χ2v) is 4.51. The van der Waals surface area contributed by atoms with Gasteiger partial charge in [-0.25, -0.2) is 0 Å². The van der Waals surface area contributed by atoms with Gasteiger partial charge in [0.05, 0.1) is 5.39 Å². The molecule has 3 aromatic rings. The molecule has 2 heterocycles. The predicted molar refractivity (Wildman–Crippen MR) is 76.8 cm³/mol. The highest BCUT2D eigenvalue weighted by Crippen LogP contribution is 2.27. The van der Waals surface area contributed by atoms with E-state index in [1.165, 1.54) is 0 Å². The number of rotatable bonds is 1. The van der Waals surface area contributed by atoms with Crippen LogP contribution in [0.1, 0.15) is 0 Å². The van der Waals surface area contributed by atoms with Crippen LogP contribution in [0, 0.1) is 0 Å². The van der Waals surface area contributed by atoms with E-state index in [1.54, 1.807) is 30.1 Å². The maximum Gasteiger partial charge on any atom is 0.258 e. The lowest BCUT2D eigenvalue weighted by Gasteiger charge is -2.09. The Bertz CT molecular complexity index is 821. The van der Waals surface area contributed by atoms with Crippen LogP contribution in [-0.4, -0.2) is 9.55 Å². The fourth-order valence-corrected chi connectivity index (χ4v) is 2.24. The van der Waals surface area contributed by atoms with Gasteiger partial charge in [-0.1, -0.05) is 12.1 Å². The monoisotopic (exact) mass is 251 g/mol. The topological polar surface area (TPSA) is 60.9 Å². The first-order valence-electron chi connectivity index (χ1n) is 5.96. The van der Waals surface area contributed by atoms with Crippen molar-refractivity contribution in [2.75, 3.05) is 5.73 Å². The third-order valence-corrected chi connectivity index (χ3v) is 3.18. The van der Waals surface area contributed by atoms with Crippen molar-refractivity contribution in [1.29, 1.82) is 0 Å². The van der Waals surface area contributed by atoms with E-state index < -0.39 is 0 Å². The molecular weight excluding hydrogens is 238 g/mol. The Kier molecular flexibility index (Phi) is 2.56. The number of fused-ring (bicyclic) bond motifs is 1. The molecule has 0 saturated carbocycles. The van der Waals surface area contributed by atoms with E-state index in [4.69, 9.17) is 5.73 Å². The van der Waals surface area contributed by atoms with E-state index in [0.717, 1.165) is 16.5 Å². The van der Waals surface area contributed by atoms with Gasteiger partial charge in [0, 0.05) is 42.3 Å². The number of anilines is 1. The Labute approximate surface area is 110 Å². The summed E-state index contributed by atoms with van der Waals surface area (Å²) in [5.41, 5.74) is 8.43. The molecule has 2 N–H and O–H groups in total. The zero-order valence-electron chi connectivity index (χ0n) is 10.5. The molecule has 4 heteroatoms. The first-order valence-corrected chi connectivity index (χ1v) is 5.96. The summed E-state index contributed by atoms with van der Waals surface area (Å²) in [4.78, 5) is 16.2. The number of nitrogens with zero attached hydrogens (tertiary/aromatic N) is 2. The lowest BCUT2D eigenvalue weighted by molar-refractivity contribution is 0.874. The molecule has 0 unspecified atom stereocenters. The number of aryl methyl sites for hydroxylation is 1. The highest BCUT2D eigenvalue weighted by Gasteiger charge is 2.08. The third kappa shape index (κ3) is 1.87. The molecule has 0 aliphatic heterocycles. The Hall–Kier alpha value is -2.62. The third-order valence-electron chi connectivity index (χ3n) is 3.18. The highest BCUT2D eigenvalue weighted by molar-refractivity contribution is 5.95. The zero-order valence-corrected chi connectivity index (χ0v) is 10.5. The average molecular weight is 251 g/mol. The van der Waals surface area contributed by atoms with Gasteiger partial charge < -0.3 is 10.3 Å². The predicted octanol–water partition coefficient (Wildman–Crippen LogP) is 2.18. The standard InChI is InChI=1S/C15H13N3O/c1-18-9-14(10-3-2-4-11(16)7-10)13-8-17-6-5-12(13)15(18)19/h2-9H,16H2,1H3. The lowest BCUT2D eigenvalue weighted by Crippen LogP contribution is -2.16. The maximum absolute atomic E-state index is 12.1. The molecule has 94 valence electrons. The van der Waals surface area contributed by atoms with Crippen LogP contribution < -0.4 is 11.3 Å². The zero-order chi connectivity index (χ0) is 13.4. The normalized spacial score (nSPS) is 10.8. The van der Waals surface area contributed by atoms with Crippen LogP contribution in [0.5, 0.6) is 0 Å². The Balaban J connectivity index is 2.42. The largest absolute Gasteiger partial charge is 0.399 e. The molecular formula is C15H13N3O. The van der Waals surface area contributed by atoms with E-state index >= 15 is 0 Å². The minimum atomic E-state index is -0.0231. The van der Waals surface area contributed by atoms with Crippen molar-refractivity contribution < 1.29 is 0 Å². The number of hydrogen-bond acceptors (Lipinski definition) is 3. The summed E-state index contributed by atoms with van der Waals surface area (Å²) in [7, 11) is 1.75. The molecule has 0 spiro atoms. The molecule has 3 rings (SSSR count). The molecule has 1 aromatic carbocycles. The smallest absolute Gasteiger partial charge is 0.258 e. The second-order valence-electron chi connectivity index (χ2n) is 4.51. The van der Waals surface area contributed by atoms with Crippen LogP contribution in [0.15, 0.2) is 53.7 Å². The molecule has 0 atom stereocenters. The number of hydrogen-bond donors (Lipinski definition) is 1. The summed E-state index contributed by atoms with van der Waals surface area (Å²) in [5, 5.41) is 1.51. The molecule has 19 heavy (non-hydrogen) atoms. The number of benzene rings is 1. The maximum atomic E-state index is 12.1. The van der Waals surface area contributed by atoms with E-state index in [0.29, 0.717) is 11.1 Å². The van der Waals surface area contributed by atoms with Crippen LogP contribution >= 0.6 is 0 Å². The van der Waals surface area contributed by atoms with Crippen molar-refractivity contribution in [2.24, 2.45) is 7.05 Å². The SMILES string of the molecule is Cn1cc(-c2cccc(N)c2)c2cnccc2c1=O. The summed E-state index contributed by atoms with van der Waals surface area (Å²) in [6.07, 6.45) is 5.17. The van der Waals surface area contributed by atoms with Gasteiger partial charge in [-0.2, -0.15) is 0 Å². The van der Waals surface area contributed by atoms with E-state index in [1.807, 2.05) is 30.5 Å². The Morgan fingerprint density at radius 1 is 1.21 bits per heavy atom. The van der Waals surface area contributed by atoms with Gasteiger partial charge in [-0.3, -0.25) is 9.78 Å². The summed E-state index contributed by atoms with van der Waals surface area (Å²) >= 11 is 0. The quantitative estimate of drug-likeness (QED) is 0.674. The molecule has 0 saturated heterocycles. The minimum absolute atomic E-state index is 0.0231. The molecule has 0 bridgehead atoms. The fraction of sp³-hybridized carbons (Fsp3) is 0.0667. The van der Waals surface area contributed by atoms with Crippen LogP contribution in [0.2, 0.25) is 0 Å². The molecule has 0 amide bonds. The van der Waals surface area contributed by atoms with Crippen molar-refractivity contribution in [3.8, 4) is 11.1 Å². The molecule has 0 fully saturated rings.